The van der Waals surface area contributed by atoms with Gasteiger partial charge in [-0.3, -0.25) is 0 Å². The van der Waals surface area contributed by atoms with Crippen molar-refractivity contribution in [2.24, 2.45) is 5.92 Å². The summed E-state index contributed by atoms with van der Waals surface area (Å²) >= 11 is 1.24. The number of hydrogen-bond acceptors (Lipinski definition) is 6. The van der Waals surface area contributed by atoms with Crippen LogP contribution in [0.1, 0.15) is 45.4 Å². The van der Waals surface area contributed by atoms with Crippen molar-refractivity contribution in [2.75, 3.05) is 23.7 Å². The lowest BCUT2D eigenvalue weighted by molar-refractivity contribution is 0.459. The van der Waals surface area contributed by atoms with Gasteiger partial charge in [-0.05, 0) is 49.6 Å². The van der Waals surface area contributed by atoms with Crippen LogP contribution in [-0.4, -0.2) is 31.1 Å². The van der Waals surface area contributed by atoms with Crippen molar-refractivity contribution in [3.63, 3.8) is 0 Å². The molecule has 0 bridgehead atoms. The Hall–Kier alpha value is -0.820. The summed E-state index contributed by atoms with van der Waals surface area (Å²) in [7, 11) is -3.28. The predicted molar refractivity (Wildman–Crippen MR) is 86.6 cm³/mol. The minimum absolute atomic E-state index is 0.193. The monoisotopic (exact) mass is 329 g/mol. The van der Waals surface area contributed by atoms with Crippen LogP contribution in [0.3, 0.4) is 0 Å². The van der Waals surface area contributed by atoms with Crippen LogP contribution in [0.25, 0.3) is 0 Å². The van der Waals surface area contributed by atoms with E-state index in [0.29, 0.717) is 4.90 Å². The van der Waals surface area contributed by atoms with Gasteiger partial charge in [-0.15, -0.1) is 0 Å². The summed E-state index contributed by atoms with van der Waals surface area (Å²) in [5.74, 6) is 0.946. The summed E-state index contributed by atoms with van der Waals surface area (Å²) in [5.41, 5.74) is 5.89. The van der Waals surface area contributed by atoms with E-state index in [2.05, 4.69) is 16.2 Å². The molecule has 5 nitrogen and oxygen atoms in total. The van der Waals surface area contributed by atoms with Crippen LogP contribution in [0.4, 0.5) is 10.8 Å². The van der Waals surface area contributed by atoms with Gasteiger partial charge in [-0.1, -0.05) is 13.3 Å². The van der Waals surface area contributed by atoms with Crippen molar-refractivity contribution < 1.29 is 8.42 Å². The van der Waals surface area contributed by atoms with Crippen LogP contribution in [0, 0.1) is 5.92 Å². The predicted octanol–water partition coefficient (Wildman–Crippen LogP) is 2.68. The van der Waals surface area contributed by atoms with Crippen molar-refractivity contribution in [3.05, 3.63) is 0 Å². The SMILES string of the molecule is CCC1CCCN(c2snc(N)c2S(=O)(=O)C2CC2)CC1. The third-order valence-electron chi connectivity index (χ3n) is 4.62. The van der Waals surface area contributed by atoms with E-state index in [1.54, 1.807) is 0 Å². The Balaban J connectivity index is 1.89. The lowest BCUT2D eigenvalue weighted by Crippen LogP contribution is -2.25. The molecule has 1 saturated carbocycles. The Kier molecular flexibility index (Phi) is 4.14. The van der Waals surface area contributed by atoms with Crippen LogP contribution >= 0.6 is 11.5 Å². The molecule has 1 aromatic rings. The molecule has 0 amide bonds. The number of aromatic nitrogens is 1. The number of anilines is 2. The zero-order valence-electron chi connectivity index (χ0n) is 12.4. The molecule has 1 aliphatic heterocycles. The average molecular weight is 329 g/mol. The highest BCUT2D eigenvalue weighted by atomic mass is 32.2. The van der Waals surface area contributed by atoms with E-state index < -0.39 is 9.84 Å². The van der Waals surface area contributed by atoms with Crippen LogP contribution in [0.15, 0.2) is 4.90 Å². The summed E-state index contributed by atoms with van der Waals surface area (Å²) < 4.78 is 29.3. The molecule has 1 unspecified atom stereocenters. The highest BCUT2D eigenvalue weighted by Gasteiger charge is 2.41. The number of nitrogen functional groups attached to an aromatic ring is 1. The maximum Gasteiger partial charge on any atom is 0.187 e. The third kappa shape index (κ3) is 2.90. The smallest absolute Gasteiger partial charge is 0.187 e. The second-order valence-corrected chi connectivity index (χ2v) is 9.06. The maximum absolute atomic E-state index is 12.6. The molecule has 1 aliphatic carbocycles. The van der Waals surface area contributed by atoms with Crippen molar-refractivity contribution in [2.45, 2.75) is 55.6 Å². The molecular formula is C14H23N3O2S2. The Morgan fingerprint density at radius 3 is 2.71 bits per heavy atom. The van der Waals surface area contributed by atoms with Gasteiger partial charge >= 0.3 is 0 Å². The van der Waals surface area contributed by atoms with Gasteiger partial charge < -0.3 is 10.6 Å². The number of hydrogen-bond donors (Lipinski definition) is 1. The molecule has 2 aliphatic rings. The molecule has 7 heteroatoms. The Labute approximate surface area is 130 Å². The molecule has 2 fully saturated rings. The first kappa shape index (κ1) is 15.1. The van der Waals surface area contributed by atoms with E-state index in [4.69, 9.17) is 5.73 Å². The molecule has 1 atom stereocenters. The van der Waals surface area contributed by atoms with E-state index >= 15 is 0 Å². The summed E-state index contributed by atoms with van der Waals surface area (Å²) in [5, 5.41) is 0.543. The van der Waals surface area contributed by atoms with Crippen molar-refractivity contribution >= 4 is 32.2 Å². The fourth-order valence-corrected chi connectivity index (χ4v) is 6.15. The van der Waals surface area contributed by atoms with Crippen LogP contribution < -0.4 is 10.6 Å². The Bertz CT molecular complexity index is 608. The van der Waals surface area contributed by atoms with Gasteiger partial charge in [-0.25, -0.2) is 8.42 Å². The van der Waals surface area contributed by atoms with Crippen molar-refractivity contribution in [1.29, 1.82) is 0 Å². The standard InChI is InChI=1S/C14H23N3O2S2/c1-2-10-4-3-8-17(9-7-10)14-12(13(15)16-20-14)21(18,19)11-5-6-11/h10-11H,2-9H2,1H3,(H2,15,16). The molecule has 1 aromatic heterocycles. The molecule has 2 N–H and O–H groups in total. The minimum atomic E-state index is -3.28. The van der Waals surface area contributed by atoms with Crippen LogP contribution in [0.5, 0.6) is 0 Å². The molecular weight excluding hydrogens is 306 g/mol. The van der Waals surface area contributed by atoms with Crippen LogP contribution in [0.2, 0.25) is 0 Å². The van der Waals surface area contributed by atoms with Crippen molar-refractivity contribution in [1.82, 2.24) is 4.37 Å². The second kappa shape index (κ2) is 5.76. The quantitative estimate of drug-likeness (QED) is 0.919. The van der Waals surface area contributed by atoms with Gasteiger partial charge in [0, 0.05) is 13.1 Å². The topological polar surface area (TPSA) is 76.3 Å². The molecule has 21 heavy (non-hydrogen) atoms. The Morgan fingerprint density at radius 1 is 1.29 bits per heavy atom. The number of rotatable bonds is 4. The third-order valence-corrected chi connectivity index (χ3v) is 7.99. The molecule has 118 valence electrons. The molecule has 2 heterocycles. The van der Waals surface area contributed by atoms with Gasteiger partial charge in [0.15, 0.2) is 15.7 Å². The first-order valence-electron chi connectivity index (χ1n) is 7.78. The fraction of sp³-hybridized carbons (Fsp3) is 0.786. The highest BCUT2D eigenvalue weighted by Crippen LogP contribution is 2.43. The zero-order chi connectivity index (χ0) is 15.0. The van der Waals surface area contributed by atoms with E-state index in [1.807, 2.05) is 0 Å². The molecule has 0 radical (unpaired) electrons. The normalized spacial score (nSPS) is 24.0. The highest BCUT2D eigenvalue weighted by molar-refractivity contribution is 7.92. The average Bonchev–Trinajstić information content (AvgIpc) is 3.26. The summed E-state index contributed by atoms with van der Waals surface area (Å²) in [4.78, 5) is 2.50. The maximum atomic E-state index is 12.6. The van der Waals surface area contributed by atoms with Crippen LogP contribution in [-0.2, 0) is 9.84 Å². The fourth-order valence-electron chi connectivity index (χ4n) is 3.08. The lowest BCUT2D eigenvalue weighted by atomic mass is 9.98. The molecule has 0 spiro atoms. The van der Waals surface area contributed by atoms with Gasteiger partial charge in [0.1, 0.15) is 9.90 Å². The summed E-state index contributed by atoms with van der Waals surface area (Å²) in [6.45, 7) is 4.05. The van der Waals surface area contributed by atoms with E-state index in [9.17, 15) is 8.42 Å². The number of nitrogens with zero attached hydrogens (tertiary/aromatic N) is 2. The first-order chi connectivity index (χ1) is 10.0. The molecule has 0 aromatic carbocycles. The zero-order valence-corrected chi connectivity index (χ0v) is 14.0. The first-order valence-corrected chi connectivity index (χ1v) is 10.1. The van der Waals surface area contributed by atoms with Crippen molar-refractivity contribution in [3.8, 4) is 0 Å². The minimum Gasteiger partial charge on any atom is -0.382 e. The van der Waals surface area contributed by atoms with E-state index in [0.717, 1.165) is 49.7 Å². The second-order valence-electron chi connectivity index (χ2n) is 6.14. The molecule has 1 saturated heterocycles. The molecule has 3 rings (SSSR count). The summed E-state index contributed by atoms with van der Waals surface area (Å²) in [6, 6.07) is 0. The number of sulfone groups is 1. The van der Waals surface area contributed by atoms with E-state index in [1.165, 1.54) is 24.4 Å². The van der Waals surface area contributed by atoms with Gasteiger partial charge in [0.05, 0.1) is 5.25 Å². The summed E-state index contributed by atoms with van der Waals surface area (Å²) in [6.07, 6.45) is 6.18. The van der Waals surface area contributed by atoms with E-state index in [-0.39, 0.29) is 11.1 Å². The van der Waals surface area contributed by atoms with Gasteiger partial charge in [-0.2, -0.15) is 4.37 Å². The Morgan fingerprint density at radius 2 is 2.05 bits per heavy atom. The van der Waals surface area contributed by atoms with Gasteiger partial charge in [0.25, 0.3) is 0 Å². The number of nitrogens with two attached hydrogens (primary N) is 1. The largest absolute Gasteiger partial charge is 0.382 e. The lowest BCUT2D eigenvalue weighted by Gasteiger charge is -2.22. The van der Waals surface area contributed by atoms with Gasteiger partial charge in [0.2, 0.25) is 0 Å².